The summed E-state index contributed by atoms with van der Waals surface area (Å²) in [4.78, 5) is 11.7. The number of aromatic nitrogens is 2. The van der Waals surface area contributed by atoms with Crippen molar-refractivity contribution in [1.82, 2.24) is 15.1 Å². The van der Waals surface area contributed by atoms with Gasteiger partial charge >= 0.3 is 0 Å². The third kappa shape index (κ3) is 2.49. The summed E-state index contributed by atoms with van der Waals surface area (Å²) >= 11 is 0. The Kier molecular flexibility index (Phi) is 3.34. The van der Waals surface area contributed by atoms with Crippen LogP contribution in [-0.2, 0) is 7.05 Å². The van der Waals surface area contributed by atoms with Crippen molar-refractivity contribution >= 4 is 11.7 Å². The molecule has 1 aromatic heterocycles. The third-order valence-corrected chi connectivity index (χ3v) is 2.59. The van der Waals surface area contributed by atoms with Crippen molar-refractivity contribution in [2.24, 2.45) is 13.0 Å². The maximum Gasteiger partial charge on any atom is 0.256 e. The lowest BCUT2D eigenvalue weighted by molar-refractivity contribution is 0.0931. The number of amides is 1. The van der Waals surface area contributed by atoms with E-state index < -0.39 is 0 Å². The van der Waals surface area contributed by atoms with Gasteiger partial charge in [0.25, 0.3) is 5.91 Å². The van der Waals surface area contributed by atoms with Gasteiger partial charge in [0, 0.05) is 13.1 Å². The fraction of sp³-hybridized carbons (Fsp3) is 0.600. The average Bonchev–Trinajstić information content (AvgIpc) is 2.47. The van der Waals surface area contributed by atoms with Gasteiger partial charge in [0.2, 0.25) is 0 Å². The molecule has 0 saturated carbocycles. The summed E-state index contributed by atoms with van der Waals surface area (Å²) in [6, 6.07) is 0.122. The van der Waals surface area contributed by atoms with Gasteiger partial charge in [0.05, 0.1) is 6.20 Å². The summed E-state index contributed by atoms with van der Waals surface area (Å²) in [7, 11) is 1.71. The van der Waals surface area contributed by atoms with Gasteiger partial charge in [-0.2, -0.15) is 5.10 Å². The number of hydrogen-bond acceptors (Lipinski definition) is 3. The van der Waals surface area contributed by atoms with Crippen LogP contribution in [0.1, 0.15) is 31.1 Å². The molecule has 0 aliphatic heterocycles. The molecule has 1 amide bonds. The Morgan fingerprint density at radius 2 is 2.13 bits per heavy atom. The van der Waals surface area contributed by atoms with E-state index in [1.807, 2.05) is 6.92 Å². The second kappa shape index (κ2) is 4.33. The Hall–Kier alpha value is -1.52. The first-order chi connectivity index (χ1) is 6.93. The van der Waals surface area contributed by atoms with Gasteiger partial charge in [-0.3, -0.25) is 9.48 Å². The van der Waals surface area contributed by atoms with Gasteiger partial charge in [-0.05, 0) is 12.8 Å². The number of aryl methyl sites for hydroxylation is 1. The molecule has 1 rings (SSSR count). The van der Waals surface area contributed by atoms with E-state index in [1.165, 1.54) is 10.9 Å². The minimum absolute atomic E-state index is 0.122. The van der Waals surface area contributed by atoms with E-state index in [4.69, 9.17) is 5.73 Å². The molecule has 5 nitrogen and oxygen atoms in total. The molecule has 5 heteroatoms. The van der Waals surface area contributed by atoms with E-state index in [1.54, 1.807) is 7.05 Å². The maximum atomic E-state index is 11.7. The van der Waals surface area contributed by atoms with Gasteiger partial charge in [0.1, 0.15) is 11.4 Å². The van der Waals surface area contributed by atoms with Crippen LogP contribution in [0.2, 0.25) is 0 Å². The van der Waals surface area contributed by atoms with Gasteiger partial charge in [-0.25, -0.2) is 0 Å². The predicted octanol–water partition coefficient (Wildman–Crippen LogP) is 0.777. The Morgan fingerprint density at radius 1 is 1.53 bits per heavy atom. The van der Waals surface area contributed by atoms with Crippen molar-refractivity contribution in [3.63, 3.8) is 0 Å². The highest BCUT2D eigenvalue weighted by Crippen LogP contribution is 2.10. The smallest absolute Gasteiger partial charge is 0.256 e. The lowest BCUT2D eigenvalue weighted by atomic mass is 10.1. The first-order valence-corrected chi connectivity index (χ1v) is 5.01. The number of nitrogens with one attached hydrogen (secondary N) is 1. The molecular weight excluding hydrogens is 192 g/mol. The quantitative estimate of drug-likeness (QED) is 0.774. The fourth-order valence-corrected chi connectivity index (χ4v) is 1.07. The molecule has 0 saturated heterocycles. The first-order valence-electron chi connectivity index (χ1n) is 5.01. The SMILES string of the molecule is CC(C)C(C)NC(=O)c1cnn(C)c1N. The van der Waals surface area contributed by atoms with Crippen LogP contribution in [0, 0.1) is 5.92 Å². The topological polar surface area (TPSA) is 72.9 Å². The van der Waals surface area contributed by atoms with Crippen molar-refractivity contribution in [1.29, 1.82) is 0 Å². The summed E-state index contributed by atoms with van der Waals surface area (Å²) < 4.78 is 1.48. The highest BCUT2D eigenvalue weighted by molar-refractivity contribution is 5.98. The Labute approximate surface area is 89.6 Å². The standard InChI is InChI=1S/C10H18N4O/c1-6(2)7(3)13-10(15)8-5-12-14(4)9(8)11/h5-7H,11H2,1-4H3,(H,13,15). The van der Waals surface area contributed by atoms with E-state index >= 15 is 0 Å². The minimum Gasteiger partial charge on any atom is -0.383 e. The molecule has 0 fully saturated rings. The van der Waals surface area contributed by atoms with Crippen LogP contribution in [0.3, 0.4) is 0 Å². The maximum absolute atomic E-state index is 11.7. The number of rotatable bonds is 3. The number of hydrogen-bond donors (Lipinski definition) is 2. The van der Waals surface area contributed by atoms with Crippen molar-refractivity contribution < 1.29 is 4.79 Å². The third-order valence-electron chi connectivity index (χ3n) is 2.59. The van der Waals surface area contributed by atoms with Crippen LogP contribution < -0.4 is 11.1 Å². The molecule has 0 aliphatic rings. The van der Waals surface area contributed by atoms with E-state index in [0.717, 1.165) is 0 Å². The number of anilines is 1. The molecule has 0 aliphatic carbocycles. The summed E-state index contributed by atoms with van der Waals surface area (Å²) in [6.45, 7) is 6.07. The van der Waals surface area contributed by atoms with Crippen molar-refractivity contribution in [2.45, 2.75) is 26.8 Å². The Bertz CT molecular complexity index is 356. The molecule has 1 unspecified atom stereocenters. The minimum atomic E-state index is -0.165. The summed E-state index contributed by atoms with van der Waals surface area (Å²) in [6.07, 6.45) is 1.48. The van der Waals surface area contributed by atoms with Crippen LogP contribution in [0.15, 0.2) is 6.20 Å². The zero-order valence-corrected chi connectivity index (χ0v) is 9.61. The molecule has 1 atom stereocenters. The Morgan fingerprint density at radius 3 is 2.53 bits per heavy atom. The zero-order chi connectivity index (χ0) is 11.6. The van der Waals surface area contributed by atoms with Crippen LogP contribution in [0.5, 0.6) is 0 Å². The molecule has 0 aromatic carbocycles. The number of nitrogens with two attached hydrogens (primary N) is 1. The number of nitrogens with zero attached hydrogens (tertiary/aromatic N) is 2. The first kappa shape index (κ1) is 11.6. The fourth-order valence-electron chi connectivity index (χ4n) is 1.07. The molecule has 0 bridgehead atoms. The lowest BCUT2D eigenvalue weighted by Crippen LogP contribution is -2.36. The molecule has 3 N–H and O–H groups in total. The highest BCUT2D eigenvalue weighted by Gasteiger charge is 2.16. The van der Waals surface area contributed by atoms with Crippen LogP contribution in [0.25, 0.3) is 0 Å². The summed E-state index contributed by atoms with van der Waals surface area (Å²) in [5.41, 5.74) is 6.13. The normalized spacial score (nSPS) is 12.9. The molecule has 0 radical (unpaired) electrons. The van der Waals surface area contributed by atoms with E-state index in [2.05, 4.69) is 24.3 Å². The molecule has 1 aromatic rings. The molecule has 15 heavy (non-hydrogen) atoms. The zero-order valence-electron chi connectivity index (χ0n) is 9.61. The van der Waals surface area contributed by atoms with Gasteiger partial charge in [0.15, 0.2) is 0 Å². The van der Waals surface area contributed by atoms with Gasteiger partial charge in [-0.15, -0.1) is 0 Å². The van der Waals surface area contributed by atoms with Crippen molar-refractivity contribution in [3.05, 3.63) is 11.8 Å². The van der Waals surface area contributed by atoms with Gasteiger partial charge < -0.3 is 11.1 Å². The highest BCUT2D eigenvalue weighted by atomic mass is 16.1. The second-order valence-electron chi connectivity index (χ2n) is 4.07. The van der Waals surface area contributed by atoms with Gasteiger partial charge in [-0.1, -0.05) is 13.8 Å². The number of nitrogen functional groups attached to an aromatic ring is 1. The predicted molar refractivity (Wildman–Crippen MR) is 59.4 cm³/mol. The largest absolute Gasteiger partial charge is 0.383 e. The van der Waals surface area contributed by atoms with Crippen molar-refractivity contribution in [3.8, 4) is 0 Å². The molecule has 84 valence electrons. The molecule has 0 spiro atoms. The second-order valence-corrected chi connectivity index (χ2v) is 4.07. The number of carbonyl (C=O) groups excluding carboxylic acids is 1. The van der Waals surface area contributed by atoms with E-state index in [9.17, 15) is 4.79 Å². The average molecular weight is 210 g/mol. The monoisotopic (exact) mass is 210 g/mol. The summed E-state index contributed by atoms with van der Waals surface area (Å²) in [5.74, 6) is 0.622. The summed E-state index contributed by atoms with van der Waals surface area (Å²) in [5, 5.41) is 6.80. The lowest BCUT2D eigenvalue weighted by Gasteiger charge is -2.16. The Balaban J connectivity index is 2.74. The molecule has 1 heterocycles. The van der Waals surface area contributed by atoms with Crippen molar-refractivity contribution in [2.75, 3.05) is 5.73 Å². The van der Waals surface area contributed by atoms with Crippen LogP contribution in [-0.4, -0.2) is 21.7 Å². The van der Waals surface area contributed by atoms with E-state index in [0.29, 0.717) is 17.3 Å². The number of carbonyl (C=O) groups is 1. The van der Waals surface area contributed by atoms with E-state index in [-0.39, 0.29) is 11.9 Å². The molecular formula is C10H18N4O. The van der Waals surface area contributed by atoms with Crippen LogP contribution in [0.4, 0.5) is 5.82 Å². The van der Waals surface area contributed by atoms with Crippen LogP contribution >= 0.6 is 0 Å².